The molecule has 0 saturated carbocycles. The van der Waals surface area contributed by atoms with Crippen molar-refractivity contribution in [2.75, 3.05) is 31.2 Å². The van der Waals surface area contributed by atoms with E-state index in [1.165, 1.54) is 4.88 Å². The van der Waals surface area contributed by atoms with Crippen LogP contribution in [0.5, 0.6) is 0 Å². The Kier molecular flexibility index (Phi) is 5.09. The predicted octanol–water partition coefficient (Wildman–Crippen LogP) is 4.36. The summed E-state index contributed by atoms with van der Waals surface area (Å²) in [7, 11) is 0. The van der Waals surface area contributed by atoms with Crippen LogP contribution in [-0.4, -0.2) is 37.3 Å². The molecule has 1 unspecified atom stereocenters. The molecule has 0 N–H and O–H groups in total. The minimum absolute atomic E-state index is 0.00169. The first-order valence-electron chi connectivity index (χ1n) is 9.14. The van der Waals surface area contributed by atoms with E-state index >= 15 is 0 Å². The number of carbonyl (C=O) groups is 1. The van der Waals surface area contributed by atoms with E-state index in [9.17, 15) is 4.79 Å². The molecule has 0 aliphatic carbocycles. The number of rotatable bonds is 4. The molecule has 1 saturated heterocycles. The van der Waals surface area contributed by atoms with Gasteiger partial charge in [0, 0.05) is 29.5 Å². The Morgan fingerprint density at radius 3 is 3.07 bits per heavy atom. The van der Waals surface area contributed by atoms with Crippen molar-refractivity contribution < 1.29 is 14.3 Å². The third kappa shape index (κ3) is 3.55. The molecule has 0 spiro atoms. The zero-order valence-corrected chi connectivity index (χ0v) is 16.3. The van der Waals surface area contributed by atoms with Gasteiger partial charge in [-0.1, -0.05) is 17.7 Å². The Morgan fingerprint density at radius 2 is 2.30 bits per heavy atom. The molecule has 6 heteroatoms. The van der Waals surface area contributed by atoms with E-state index in [-0.39, 0.29) is 12.1 Å². The summed E-state index contributed by atoms with van der Waals surface area (Å²) in [5, 5.41) is 3.04. The van der Waals surface area contributed by atoms with E-state index in [4.69, 9.17) is 9.47 Å². The smallest absolute Gasteiger partial charge is 0.341 e. The number of hydrogen-bond acceptors (Lipinski definition) is 6. The van der Waals surface area contributed by atoms with Gasteiger partial charge in [-0.15, -0.1) is 11.3 Å². The van der Waals surface area contributed by atoms with Gasteiger partial charge in [-0.05, 0) is 37.4 Å². The number of pyridine rings is 1. The lowest BCUT2D eigenvalue weighted by atomic mass is 10.0. The average molecular weight is 382 g/mol. The molecule has 1 fully saturated rings. The lowest BCUT2D eigenvalue weighted by Gasteiger charge is -2.35. The summed E-state index contributed by atoms with van der Waals surface area (Å²) in [5.74, 6) is -0.331. The van der Waals surface area contributed by atoms with Crippen molar-refractivity contribution in [3.8, 4) is 0 Å². The van der Waals surface area contributed by atoms with Crippen LogP contribution in [0.25, 0.3) is 10.9 Å². The number of benzene rings is 1. The number of aryl methyl sites for hydroxylation is 1. The van der Waals surface area contributed by atoms with Gasteiger partial charge in [-0.2, -0.15) is 0 Å². The first-order valence-corrected chi connectivity index (χ1v) is 10.0. The summed E-state index contributed by atoms with van der Waals surface area (Å²) in [6, 6.07) is 10.3. The van der Waals surface area contributed by atoms with Crippen LogP contribution in [0.15, 0.2) is 41.9 Å². The second-order valence-electron chi connectivity index (χ2n) is 6.58. The summed E-state index contributed by atoms with van der Waals surface area (Å²) in [6.07, 6.45) is 1.64. The first-order chi connectivity index (χ1) is 13.2. The molecule has 140 valence electrons. The van der Waals surface area contributed by atoms with Crippen molar-refractivity contribution in [3.05, 3.63) is 57.9 Å². The molecule has 1 aromatic carbocycles. The minimum Gasteiger partial charge on any atom is -0.462 e. The molecule has 0 bridgehead atoms. The van der Waals surface area contributed by atoms with Gasteiger partial charge in [0.05, 0.1) is 24.4 Å². The molecule has 1 aliphatic rings. The second-order valence-corrected chi connectivity index (χ2v) is 7.56. The van der Waals surface area contributed by atoms with E-state index in [0.29, 0.717) is 25.3 Å². The normalized spacial score (nSPS) is 17.3. The maximum atomic E-state index is 12.6. The molecule has 0 radical (unpaired) electrons. The molecule has 1 atom stereocenters. The monoisotopic (exact) mass is 382 g/mol. The molecule has 5 nitrogen and oxygen atoms in total. The second kappa shape index (κ2) is 7.66. The third-order valence-corrected chi connectivity index (χ3v) is 5.70. The van der Waals surface area contributed by atoms with Crippen molar-refractivity contribution in [3.63, 3.8) is 0 Å². The lowest BCUT2D eigenvalue weighted by molar-refractivity contribution is 0.0415. The quantitative estimate of drug-likeness (QED) is 0.628. The maximum absolute atomic E-state index is 12.6. The minimum atomic E-state index is -0.331. The number of aromatic nitrogens is 1. The summed E-state index contributed by atoms with van der Waals surface area (Å²) < 4.78 is 11.3. The number of carbonyl (C=O) groups excluding carboxylic acids is 1. The molecule has 3 aromatic rings. The highest BCUT2D eigenvalue weighted by atomic mass is 32.1. The van der Waals surface area contributed by atoms with Crippen LogP contribution >= 0.6 is 11.3 Å². The number of thiophene rings is 1. The Morgan fingerprint density at radius 1 is 1.41 bits per heavy atom. The Labute approximate surface area is 162 Å². The number of anilines is 1. The van der Waals surface area contributed by atoms with Crippen LogP contribution in [0.1, 0.15) is 33.8 Å². The van der Waals surface area contributed by atoms with Crippen molar-refractivity contribution in [2.45, 2.75) is 20.0 Å². The van der Waals surface area contributed by atoms with Gasteiger partial charge in [0.1, 0.15) is 11.7 Å². The Balaban J connectivity index is 1.81. The highest BCUT2D eigenvalue weighted by Crippen LogP contribution is 2.35. The van der Waals surface area contributed by atoms with Gasteiger partial charge in [0.25, 0.3) is 0 Å². The molecule has 3 heterocycles. The molecule has 4 rings (SSSR count). The molecule has 2 aromatic heterocycles. The van der Waals surface area contributed by atoms with Crippen molar-refractivity contribution in [1.82, 2.24) is 4.98 Å². The number of ether oxygens (including phenoxy) is 2. The standard InChI is InChI=1S/C21H22N2O3S/c1-3-25-21(24)16-12-22-17-7-6-14(2)11-15(17)20(16)23-8-9-26-18(13-23)19-5-4-10-27-19/h4-7,10-12,18H,3,8-9,13H2,1-2H3. The average Bonchev–Trinajstić information content (AvgIpc) is 3.22. The summed E-state index contributed by atoms with van der Waals surface area (Å²) >= 11 is 1.70. The van der Waals surface area contributed by atoms with Crippen LogP contribution in [0.4, 0.5) is 5.69 Å². The first kappa shape index (κ1) is 17.9. The number of hydrogen-bond donors (Lipinski definition) is 0. The highest BCUT2D eigenvalue weighted by Gasteiger charge is 2.28. The number of morpholine rings is 1. The van der Waals surface area contributed by atoms with E-state index in [2.05, 4.69) is 27.4 Å². The van der Waals surface area contributed by atoms with Gasteiger partial charge in [0.15, 0.2) is 0 Å². The fourth-order valence-electron chi connectivity index (χ4n) is 3.49. The van der Waals surface area contributed by atoms with Gasteiger partial charge in [-0.3, -0.25) is 4.98 Å². The van der Waals surface area contributed by atoms with Gasteiger partial charge in [0.2, 0.25) is 0 Å². The number of esters is 1. The Hall–Kier alpha value is -2.44. The molecule has 1 aliphatic heterocycles. The number of fused-ring (bicyclic) bond motifs is 1. The number of nitrogens with zero attached hydrogens (tertiary/aromatic N) is 2. The van der Waals surface area contributed by atoms with Crippen LogP contribution in [0.2, 0.25) is 0 Å². The fourth-order valence-corrected chi connectivity index (χ4v) is 4.26. The third-order valence-electron chi connectivity index (χ3n) is 4.73. The molecular weight excluding hydrogens is 360 g/mol. The topological polar surface area (TPSA) is 51.7 Å². The van der Waals surface area contributed by atoms with E-state index < -0.39 is 0 Å². The highest BCUT2D eigenvalue weighted by molar-refractivity contribution is 7.10. The SMILES string of the molecule is CCOC(=O)c1cnc2ccc(C)cc2c1N1CCOC(c2cccs2)C1. The van der Waals surface area contributed by atoms with Crippen LogP contribution < -0.4 is 4.90 Å². The van der Waals surface area contributed by atoms with E-state index in [1.807, 2.05) is 32.0 Å². The maximum Gasteiger partial charge on any atom is 0.341 e. The molecule has 27 heavy (non-hydrogen) atoms. The van der Waals surface area contributed by atoms with Crippen LogP contribution in [-0.2, 0) is 9.47 Å². The predicted molar refractivity (Wildman–Crippen MR) is 108 cm³/mol. The van der Waals surface area contributed by atoms with Crippen molar-refractivity contribution in [2.24, 2.45) is 0 Å². The summed E-state index contributed by atoms with van der Waals surface area (Å²) in [4.78, 5) is 20.6. The van der Waals surface area contributed by atoms with Gasteiger partial charge >= 0.3 is 5.97 Å². The van der Waals surface area contributed by atoms with E-state index in [1.54, 1.807) is 17.5 Å². The van der Waals surface area contributed by atoms with Crippen LogP contribution in [0, 0.1) is 6.92 Å². The summed E-state index contributed by atoms with van der Waals surface area (Å²) in [5.41, 5.74) is 3.42. The zero-order chi connectivity index (χ0) is 18.8. The molecule has 0 amide bonds. The van der Waals surface area contributed by atoms with Crippen LogP contribution in [0.3, 0.4) is 0 Å². The van der Waals surface area contributed by atoms with Gasteiger partial charge < -0.3 is 14.4 Å². The van der Waals surface area contributed by atoms with Gasteiger partial charge in [-0.25, -0.2) is 4.79 Å². The fraction of sp³-hybridized carbons (Fsp3) is 0.333. The lowest BCUT2D eigenvalue weighted by Crippen LogP contribution is -2.39. The zero-order valence-electron chi connectivity index (χ0n) is 15.5. The van der Waals surface area contributed by atoms with Crippen molar-refractivity contribution >= 4 is 33.9 Å². The molecular formula is C21H22N2O3S. The largest absolute Gasteiger partial charge is 0.462 e. The summed E-state index contributed by atoms with van der Waals surface area (Å²) in [6.45, 7) is 6.23. The van der Waals surface area contributed by atoms with Crippen molar-refractivity contribution in [1.29, 1.82) is 0 Å². The Bertz CT molecular complexity index is 955. The van der Waals surface area contributed by atoms with E-state index in [0.717, 1.165) is 28.7 Å².